The topological polar surface area (TPSA) is 107 Å². The quantitative estimate of drug-likeness (QED) is 0.474. The van der Waals surface area contributed by atoms with Gasteiger partial charge in [-0.15, -0.1) is 0 Å². The smallest absolute Gasteiger partial charge is 0.315 e. The van der Waals surface area contributed by atoms with Crippen molar-refractivity contribution in [3.63, 3.8) is 0 Å². The number of aromatic nitrogens is 1. The molecule has 0 unspecified atom stereocenters. The molecule has 9 heteroatoms. The number of hydrogen-bond acceptors (Lipinski definition) is 6. The molecular weight excluding hydrogens is 458 g/mol. The Labute approximate surface area is 202 Å². The summed E-state index contributed by atoms with van der Waals surface area (Å²) in [6.45, 7) is 3.48. The minimum Gasteiger partial charge on any atom is -0.497 e. The van der Waals surface area contributed by atoms with Crippen molar-refractivity contribution in [3.05, 3.63) is 82.5 Å². The van der Waals surface area contributed by atoms with E-state index in [1.54, 1.807) is 62.4 Å². The Morgan fingerprint density at radius 1 is 0.912 bits per heavy atom. The van der Waals surface area contributed by atoms with Gasteiger partial charge in [-0.2, -0.15) is 0 Å². The molecule has 34 heavy (non-hydrogen) atoms. The van der Waals surface area contributed by atoms with Crippen molar-refractivity contribution in [1.29, 1.82) is 0 Å². The zero-order valence-electron chi connectivity index (χ0n) is 19.1. The lowest BCUT2D eigenvalue weighted by Gasteiger charge is -2.22. The van der Waals surface area contributed by atoms with Gasteiger partial charge in [0.1, 0.15) is 11.6 Å². The number of nitrogens with one attached hydrogen (secondary N) is 2. The van der Waals surface area contributed by atoms with E-state index in [2.05, 4.69) is 15.6 Å². The third-order valence-electron chi connectivity index (χ3n) is 5.25. The molecule has 0 saturated carbocycles. The summed E-state index contributed by atoms with van der Waals surface area (Å²) in [7, 11) is 2.81. The molecule has 1 aromatic heterocycles. The van der Waals surface area contributed by atoms with Crippen LogP contribution in [0.1, 0.15) is 40.1 Å². The fraction of sp³-hybridized carbons (Fsp3) is 0.200. The van der Waals surface area contributed by atoms with Gasteiger partial charge in [0, 0.05) is 11.8 Å². The number of ether oxygens (including phenoxy) is 2. The standard InChI is InChI=1S/C25H24ClN3O5/c1-25(2,24(32)34-4)16-7-5-15(6-8-16)22(30)28-20-11-10-18(33-3)13-19(20)23(31)29-21-12-9-17(26)14-27-21/h5-14H,1-4H3,(H,28,30)(H,27,29,31). The Morgan fingerprint density at radius 2 is 1.62 bits per heavy atom. The molecule has 0 aliphatic carbocycles. The highest BCUT2D eigenvalue weighted by molar-refractivity contribution is 6.30. The molecule has 0 aliphatic heterocycles. The van der Waals surface area contributed by atoms with Crippen LogP contribution < -0.4 is 15.4 Å². The molecule has 2 N–H and O–H groups in total. The third kappa shape index (κ3) is 5.52. The highest BCUT2D eigenvalue weighted by Crippen LogP contribution is 2.26. The van der Waals surface area contributed by atoms with Crippen LogP contribution in [0.5, 0.6) is 5.75 Å². The van der Waals surface area contributed by atoms with Crippen LogP contribution in [0.2, 0.25) is 5.02 Å². The number of halogens is 1. The SMILES string of the molecule is COC(=O)C(C)(C)c1ccc(C(=O)Nc2ccc(OC)cc2C(=O)Nc2ccc(Cl)cn2)cc1. The second-order valence-corrected chi connectivity index (χ2v) is 8.31. The number of carbonyl (C=O) groups excluding carboxylic acids is 3. The maximum Gasteiger partial charge on any atom is 0.315 e. The van der Waals surface area contributed by atoms with E-state index < -0.39 is 17.2 Å². The number of benzene rings is 2. The largest absolute Gasteiger partial charge is 0.497 e. The van der Waals surface area contributed by atoms with Gasteiger partial charge in [0.15, 0.2) is 0 Å². The maximum atomic E-state index is 12.9. The number of pyridine rings is 1. The molecule has 176 valence electrons. The lowest BCUT2D eigenvalue weighted by molar-refractivity contribution is -0.146. The first-order valence-corrected chi connectivity index (χ1v) is 10.6. The summed E-state index contributed by atoms with van der Waals surface area (Å²) in [5.74, 6) is -0.542. The van der Waals surface area contributed by atoms with Crippen molar-refractivity contribution in [2.45, 2.75) is 19.3 Å². The highest BCUT2D eigenvalue weighted by atomic mass is 35.5. The molecule has 0 fully saturated rings. The fourth-order valence-corrected chi connectivity index (χ4v) is 3.30. The minimum absolute atomic E-state index is 0.188. The summed E-state index contributed by atoms with van der Waals surface area (Å²) in [5, 5.41) is 5.87. The van der Waals surface area contributed by atoms with E-state index in [0.29, 0.717) is 27.7 Å². The predicted molar refractivity (Wildman–Crippen MR) is 130 cm³/mol. The van der Waals surface area contributed by atoms with E-state index in [1.807, 2.05) is 0 Å². The number of carbonyl (C=O) groups is 3. The molecule has 2 aromatic carbocycles. The summed E-state index contributed by atoms with van der Waals surface area (Å²) in [5.41, 5.74) is 0.673. The summed E-state index contributed by atoms with van der Waals surface area (Å²) < 4.78 is 10.1. The van der Waals surface area contributed by atoms with E-state index in [4.69, 9.17) is 21.1 Å². The summed E-state index contributed by atoms with van der Waals surface area (Å²) in [6, 6.07) is 14.5. The molecular formula is C25H24ClN3O5. The van der Waals surface area contributed by atoms with Gasteiger partial charge >= 0.3 is 5.97 Å². The van der Waals surface area contributed by atoms with E-state index in [9.17, 15) is 14.4 Å². The second kappa shape index (κ2) is 10.4. The lowest BCUT2D eigenvalue weighted by Crippen LogP contribution is -2.30. The van der Waals surface area contributed by atoms with Crippen LogP contribution in [0, 0.1) is 0 Å². The van der Waals surface area contributed by atoms with Crippen molar-refractivity contribution in [1.82, 2.24) is 4.98 Å². The van der Waals surface area contributed by atoms with E-state index in [-0.39, 0.29) is 17.2 Å². The van der Waals surface area contributed by atoms with Crippen LogP contribution in [-0.4, -0.2) is 37.0 Å². The summed E-state index contributed by atoms with van der Waals surface area (Å²) >= 11 is 5.84. The van der Waals surface area contributed by atoms with Crippen LogP contribution in [0.15, 0.2) is 60.8 Å². The minimum atomic E-state index is -0.860. The van der Waals surface area contributed by atoms with E-state index in [1.165, 1.54) is 26.5 Å². The van der Waals surface area contributed by atoms with Crippen LogP contribution in [0.4, 0.5) is 11.5 Å². The molecule has 0 saturated heterocycles. The first-order chi connectivity index (χ1) is 16.1. The molecule has 2 amide bonds. The van der Waals surface area contributed by atoms with Crippen molar-refractivity contribution in [2.24, 2.45) is 0 Å². The number of rotatable bonds is 7. The summed E-state index contributed by atoms with van der Waals surface area (Å²) in [6.07, 6.45) is 1.41. The van der Waals surface area contributed by atoms with Crippen LogP contribution >= 0.6 is 11.6 Å². The monoisotopic (exact) mass is 481 g/mol. The third-order valence-corrected chi connectivity index (χ3v) is 5.48. The van der Waals surface area contributed by atoms with E-state index in [0.717, 1.165) is 0 Å². The average Bonchev–Trinajstić information content (AvgIpc) is 2.85. The predicted octanol–water partition coefficient (Wildman–Crippen LogP) is 4.70. The lowest BCUT2D eigenvalue weighted by atomic mass is 9.84. The molecule has 0 aliphatic rings. The van der Waals surface area contributed by atoms with Crippen LogP contribution in [-0.2, 0) is 14.9 Å². The Hall–Kier alpha value is -3.91. The van der Waals surface area contributed by atoms with Gasteiger partial charge in [-0.1, -0.05) is 23.7 Å². The van der Waals surface area contributed by atoms with Crippen molar-refractivity contribution < 1.29 is 23.9 Å². The first-order valence-electron chi connectivity index (χ1n) is 10.3. The Bertz CT molecular complexity index is 1210. The van der Waals surface area contributed by atoms with Gasteiger partial charge in [-0.3, -0.25) is 14.4 Å². The molecule has 8 nitrogen and oxygen atoms in total. The zero-order valence-corrected chi connectivity index (χ0v) is 19.9. The molecule has 0 bridgehead atoms. The highest BCUT2D eigenvalue weighted by Gasteiger charge is 2.30. The van der Waals surface area contributed by atoms with Gasteiger partial charge in [-0.25, -0.2) is 4.98 Å². The zero-order chi connectivity index (χ0) is 24.9. The molecule has 3 rings (SSSR count). The molecule has 0 spiro atoms. The average molecular weight is 482 g/mol. The van der Waals surface area contributed by atoms with Crippen molar-refractivity contribution in [3.8, 4) is 5.75 Å². The number of anilines is 2. The number of amides is 2. The Morgan fingerprint density at radius 3 is 2.21 bits per heavy atom. The maximum absolute atomic E-state index is 12.9. The number of methoxy groups -OCH3 is 2. The van der Waals surface area contributed by atoms with Gasteiger partial charge < -0.3 is 20.1 Å². The van der Waals surface area contributed by atoms with Crippen molar-refractivity contribution >= 4 is 40.9 Å². The van der Waals surface area contributed by atoms with Gasteiger partial charge in [0.25, 0.3) is 11.8 Å². The number of hydrogen-bond donors (Lipinski definition) is 2. The molecule has 1 heterocycles. The number of esters is 1. The fourth-order valence-electron chi connectivity index (χ4n) is 3.19. The second-order valence-electron chi connectivity index (χ2n) is 7.88. The van der Waals surface area contributed by atoms with Crippen LogP contribution in [0.3, 0.4) is 0 Å². The molecule has 0 atom stereocenters. The van der Waals surface area contributed by atoms with Gasteiger partial charge in [-0.05, 0) is 61.9 Å². The Balaban J connectivity index is 1.83. The van der Waals surface area contributed by atoms with Gasteiger partial charge in [0.2, 0.25) is 0 Å². The Kier molecular flexibility index (Phi) is 7.53. The van der Waals surface area contributed by atoms with Gasteiger partial charge in [0.05, 0.1) is 35.9 Å². The first kappa shape index (κ1) is 24.7. The number of nitrogens with zero attached hydrogens (tertiary/aromatic N) is 1. The molecule has 3 aromatic rings. The van der Waals surface area contributed by atoms with Crippen LogP contribution in [0.25, 0.3) is 0 Å². The van der Waals surface area contributed by atoms with Crippen molar-refractivity contribution in [2.75, 3.05) is 24.9 Å². The van der Waals surface area contributed by atoms with E-state index >= 15 is 0 Å². The molecule has 0 radical (unpaired) electrons. The normalized spacial score (nSPS) is 10.9. The summed E-state index contributed by atoms with van der Waals surface area (Å²) in [4.78, 5) is 41.9.